The standard InChI is InChI=1S/C19H24N4O5/c1-12-16(7-8-19(26)28-11-18(25)21-10-17(20)24)13(2)23(22-12)14-5-4-6-15(9-14)27-3/h4-6,9H,7-8,10-11H2,1-3H3,(H2,20,24)(H,21,25). The van der Waals surface area contributed by atoms with E-state index in [4.69, 9.17) is 15.2 Å². The van der Waals surface area contributed by atoms with Crippen LogP contribution in [0.15, 0.2) is 24.3 Å². The van der Waals surface area contributed by atoms with Gasteiger partial charge in [-0.1, -0.05) is 6.07 Å². The predicted octanol–water partition coefficient (Wildman–Crippen LogP) is 0.575. The van der Waals surface area contributed by atoms with Gasteiger partial charge in [-0.05, 0) is 38.0 Å². The summed E-state index contributed by atoms with van der Waals surface area (Å²) in [5.41, 5.74) is 8.45. The van der Waals surface area contributed by atoms with Crippen LogP contribution in [0.1, 0.15) is 23.4 Å². The molecule has 0 radical (unpaired) electrons. The molecule has 3 N–H and O–H groups in total. The lowest BCUT2D eigenvalue weighted by Gasteiger charge is -2.08. The fourth-order valence-corrected chi connectivity index (χ4v) is 2.71. The molecular weight excluding hydrogens is 364 g/mol. The van der Waals surface area contributed by atoms with Gasteiger partial charge < -0.3 is 20.5 Å². The number of nitrogens with one attached hydrogen (secondary N) is 1. The van der Waals surface area contributed by atoms with Crippen LogP contribution in [0.2, 0.25) is 0 Å². The highest BCUT2D eigenvalue weighted by Gasteiger charge is 2.15. The summed E-state index contributed by atoms with van der Waals surface area (Å²) >= 11 is 0. The molecule has 2 rings (SSSR count). The first-order valence-corrected chi connectivity index (χ1v) is 8.72. The number of benzene rings is 1. The monoisotopic (exact) mass is 388 g/mol. The molecule has 0 bridgehead atoms. The first-order valence-electron chi connectivity index (χ1n) is 8.72. The van der Waals surface area contributed by atoms with E-state index in [1.165, 1.54) is 0 Å². The molecule has 150 valence electrons. The van der Waals surface area contributed by atoms with E-state index in [2.05, 4.69) is 10.4 Å². The summed E-state index contributed by atoms with van der Waals surface area (Å²) in [7, 11) is 1.60. The number of carbonyl (C=O) groups excluding carboxylic acids is 3. The Hall–Kier alpha value is -3.36. The Bertz CT molecular complexity index is 875. The molecule has 0 unspecified atom stereocenters. The SMILES string of the molecule is COc1cccc(-n2nc(C)c(CCC(=O)OCC(=O)NCC(N)=O)c2C)c1. The van der Waals surface area contributed by atoms with Gasteiger partial charge in [0.2, 0.25) is 5.91 Å². The number of amides is 2. The second-order valence-corrected chi connectivity index (χ2v) is 6.17. The highest BCUT2D eigenvalue weighted by atomic mass is 16.5. The minimum atomic E-state index is -0.668. The number of ether oxygens (including phenoxy) is 2. The zero-order valence-corrected chi connectivity index (χ0v) is 16.2. The molecule has 1 heterocycles. The van der Waals surface area contributed by atoms with Gasteiger partial charge in [0.15, 0.2) is 6.61 Å². The van der Waals surface area contributed by atoms with Gasteiger partial charge in [0.1, 0.15) is 5.75 Å². The molecular formula is C19H24N4O5. The van der Waals surface area contributed by atoms with Crippen molar-refractivity contribution in [2.75, 3.05) is 20.3 Å². The number of aromatic nitrogens is 2. The average Bonchev–Trinajstić information content (AvgIpc) is 2.96. The third kappa shape index (κ3) is 5.57. The summed E-state index contributed by atoms with van der Waals surface area (Å²) in [4.78, 5) is 33.9. The summed E-state index contributed by atoms with van der Waals surface area (Å²) in [5.74, 6) is -1.03. The van der Waals surface area contributed by atoms with Crippen molar-refractivity contribution < 1.29 is 23.9 Å². The van der Waals surface area contributed by atoms with Crippen LogP contribution >= 0.6 is 0 Å². The number of primary amides is 1. The second-order valence-electron chi connectivity index (χ2n) is 6.17. The van der Waals surface area contributed by atoms with Crippen LogP contribution in [-0.4, -0.2) is 47.8 Å². The Kier molecular flexibility index (Phi) is 7.14. The quantitative estimate of drug-likeness (QED) is 0.605. The van der Waals surface area contributed by atoms with E-state index in [1.54, 1.807) is 11.8 Å². The second kappa shape index (κ2) is 9.54. The van der Waals surface area contributed by atoms with Crippen molar-refractivity contribution in [3.63, 3.8) is 0 Å². The van der Waals surface area contributed by atoms with E-state index in [9.17, 15) is 14.4 Å². The Balaban J connectivity index is 1.96. The predicted molar refractivity (Wildman–Crippen MR) is 101 cm³/mol. The Morgan fingerprint density at radius 2 is 2.00 bits per heavy atom. The lowest BCUT2D eigenvalue weighted by atomic mass is 10.1. The summed E-state index contributed by atoms with van der Waals surface area (Å²) in [6.07, 6.45) is 0.540. The Morgan fingerprint density at radius 1 is 1.25 bits per heavy atom. The molecule has 0 fully saturated rings. The van der Waals surface area contributed by atoms with E-state index in [0.29, 0.717) is 6.42 Å². The van der Waals surface area contributed by atoms with E-state index in [-0.39, 0.29) is 13.0 Å². The number of carbonyl (C=O) groups is 3. The fraction of sp³-hybridized carbons (Fsp3) is 0.368. The van der Waals surface area contributed by atoms with Crippen molar-refractivity contribution in [2.24, 2.45) is 5.73 Å². The third-order valence-electron chi connectivity index (χ3n) is 4.14. The maximum Gasteiger partial charge on any atom is 0.306 e. The number of aryl methyl sites for hydroxylation is 1. The van der Waals surface area contributed by atoms with Gasteiger partial charge >= 0.3 is 5.97 Å². The third-order valence-corrected chi connectivity index (χ3v) is 4.14. The lowest BCUT2D eigenvalue weighted by Crippen LogP contribution is -2.36. The zero-order chi connectivity index (χ0) is 20.7. The number of rotatable bonds is 9. The molecule has 0 saturated carbocycles. The fourth-order valence-electron chi connectivity index (χ4n) is 2.71. The van der Waals surface area contributed by atoms with Crippen LogP contribution in [0.25, 0.3) is 5.69 Å². The van der Waals surface area contributed by atoms with Crippen LogP contribution in [0.4, 0.5) is 0 Å². The van der Waals surface area contributed by atoms with Crippen molar-refractivity contribution in [1.82, 2.24) is 15.1 Å². The highest BCUT2D eigenvalue weighted by molar-refractivity contribution is 5.85. The van der Waals surface area contributed by atoms with Crippen molar-refractivity contribution in [1.29, 1.82) is 0 Å². The molecule has 2 aromatic rings. The molecule has 1 aromatic carbocycles. The number of methoxy groups -OCH3 is 1. The molecule has 0 aliphatic heterocycles. The van der Waals surface area contributed by atoms with Gasteiger partial charge in [0.25, 0.3) is 5.91 Å². The van der Waals surface area contributed by atoms with Crippen LogP contribution < -0.4 is 15.8 Å². The van der Waals surface area contributed by atoms with E-state index in [0.717, 1.165) is 28.4 Å². The minimum absolute atomic E-state index is 0.106. The minimum Gasteiger partial charge on any atom is -0.497 e. The molecule has 0 spiro atoms. The maximum atomic E-state index is 11.9. The van der Waals surface area contributed by atoms with Crippen molar-refractivity contribution >= 4 is 17.8 Å². The maximum absolute atomic E-state index is 11.9. The van der Waals surface area contributed by atoms with E-state index in [1.807, 2.05) is 38.1 Å². The van der Waals surface area contributed by atoms with Gasteiger partial charge in [-0.3, -0.25) is 14.4 Å². The van der Waals surface area contributed by atoms with E-state index < -0.39 is 24.4 Å². The average molecular weight is 388 g/mol. The van der Waals surface area contributed by atoms with Crippen LogP contribution in [0.3, 0.4) is 0 Å². The molecule has 0 saturated heterocycles. The Labute approximate surface area is 162 Å². The van der Waals surface area contributed by atoms with Crippen LogP contribution in [0.5, 0.6) is 5.75 Å². The number of nitrogens with two attached hydrogens (primary N) is 1. The normalized spacial score (nSPS) is 10.4. The van der Waals surface area contributed by atoms with E-state index >= 15 is 0 Å². The molecule has 0 aliphatic rings. The van der Waals surface area contributed by atoms with Crippen molar-refractivity contribution in [3.05, 3.63) is 41.2 Å². The van der Waals surface area contributed by atoms with Crippen molar-refractivity contribution in [3.8, 4) is 11.4 Å². The number of nitrogens with zero attached hydrogens (tertiary/aromatic N) is 2. The number of hydrogen-bond acceptors (Lipinski definition) is 6. The Morgan fingerprint density at radius 3 is 2.68 bits per heavy atom. The number of hydrogen-bond donors (Lipinski definition) is 2. The molecule has 9 nitrogen and oxygen atoms in total. The summed E-state index contributed by atoms with van der Waals surface area (Å²) in [6.45, 7) is 3.06. The highest BCUT2D eigenvalue weighted by Crippen LogP contribution is 2.22. The van der Waals surface area contributed by atoms with Gasteiger partial charge in [-0.25, -0.2) is 4.68 Å². The first-order chi connectivity index (χ1) is 13.3. The van der Waals surface area contributed by atoms with Crippen molar-refractivity contribution in [2.45, 2.75) is 26.7 Å². The molecule has 9 heteroatoms. The van der Waals surface area contributed by atoms with Gasteiger partial charge in [-0.2, -0.15) is 5.10 Å². The summed E-state index contributed by atoms with van der Waals surface area (Å²) in [6, 6.07) is 7.53. The molecule has 28 heavy (non-hydrogen) atoms. The van der Waals surface area contributed by atoms with Gasteiger partial charge in [-0.15, -0.1) is 0 Å². The molecule has 1 aromatic heterocycles. The lowest BCUT2D eigenvalue weighted by molar-refractivity contribution is -0.148. The van der Waals surface area contributed by atoms with Crippen LogP contribution in [0, 0.1) is 13.8 Å². The smallest absolute Gasteiger partial charge is 0.306 e. The zero-order valence-electron chi connectivity index (χ0n) is 16.2. The van der Waals surface area contributed by atoms with Gasteiger partial charge in [0, 0.05) is 18.2 Å². The summed E-state index contributed by atoms with van der Waals surface area (Å²) < 4.78 is 12.0. The molecule has 0 aliphatic carbocycles. The summed E-state index contributed by atoms with van der Waals surface area (Å²) in [5, 5.41) is 6.80. The largest absolute Gasteiger partial charge is 0.497 e. The first kappa shape index (κ1) is 20.9. The topological polar surface area (TPSA) is 126 Å². The van der Waals surface area contributed by atoms with Gasteiger partial charge in [0.05, 0.1) is 25.0 Å². The van der Waals surface area contributed by atoms with Crippen LogP contribution in [-0.2, 0) is 25.5 Å². The molecule has 0 atom stereocenters. The number of esters is 1. The molecule has 2 amide bonds.